The van der Waals surface area contributed by atoms with Crippen molar-refractivity contribution in [3.63, 3.8) is 0 Å². The van der Waals surface area contributed by atoms with E-state index in [2.05, 4.69) is 9.47 Å². The van der Waals surface area contributed by atoms with Gasteiger partial charge in [-0.05, 0) is 38.1 Å². The van der Waals surface area contributed by atoms with Gasteiger partial charge in [0.05, 0.1) is 5.52 Å². The van der Waals surface area contributed by atoms with Gasteiger partial charge in [0.2, 0.25) is 0 Å². The molecule has 0 saturated carbocycles. The highest BCUT2D eigenvalue weighted by Crippen LogP contribution is 2.24. The molecule has 0 unspecified atom stereocenters. The molecule has 0 radical (unpaired) electrons. The fourth-order valence-corrected chi connectivity index (χ4v) is 2.99. The monoisotopic (exact) mass is 276 g/mol. The van der Waals surface area contributed by atoms with Gasteiger partial charge in [0.25, 0.3) is 0 Å². The molecule has 0 aliphatic carbocycles. The van der Waals surface area contributed by atoms with Gasteiger partial charge in [0.1, 0.15) is 0 Å². The van der Waals surface area contributed by atoms with Crippen LogP contribution in [0.25, 0.3) is 10.9 Å². The summed E-state index contributed by atoms with van der Waals surface area (Å²) in [5, 5.41) is 1.70. The first kappa shape index (κ1) is 12.7. The normalized spacial score (nSPS) is 16.3. The Morgan fingerprint density at radius 1 is 1.21 bits per heavy atom. The number of hydrogen-bond donors (Lipinski definition) is 0. The SMILES string of the molecule is O=Cc1cn(CCN2CCCC2)c2cc(Cl)ccc12. The second-order valence-corrected chi connectivity index (χ2v) is 5.54. The van der Waals surface area contributed by atoms with E-state index in [4.69, 9.17) is 11.6 Å². The van der Waals surface area contributed by atoms with Crippen LogP contribution in [0.2, 0.25) is 5.02 Å². The molecular formula is C15H17ClN2O. The van der Waals surface area contributed by atoms with E-state index in [0.717, 1.165) is 35.8 Å². The Hall–Kier alpha value is -1.32. The molecule has 1 aromatic carbocycles. The van der Waals surface area contributed by atoms with E-state index < -0.39 is 0 Å². The third-order valence-electron chi connectivity index (χ3n) is 3.86. The Morgan fingerprint density at radius 2 is 2.00 bits per heavy atom. The van der Waals surface area contributed by atoms with Crippen LogP contribution >= 0.6 is 11.6 Å². The summed E-state index contributed by atoms with van der Waals surface area (Å²) in [4.78, 5) is 13.6. The maximum atomic E-state index is 11.1. The highest BCUT2D eigenvalue weighted by Gasteiger charge is 2.13. The molecule has 0 atom stereocenters. The molecule has 2 aromatic rings. The number of carbonyl (C=O) groups is 1. The fraction of sp³-hybridized carbons (Fsp3) is 0.400. The van der Waals surface area contributed by atoms with E-state index in [0.29, 0.717) is 5.02 Å². The van der Waals surface area contributed by atoms with Crippen molar-refractivity contribution in [1.29, 1.82) is 0 Å². The lowest BCUT2D eigenvalue weighted by atomic mass is 10.2. The molecule has 3 rings (SSSR count). The van der Waals surface area contributed by atoms with Gasteiger partial charge in [-0.15, -0.1) is 0 Å². The Labute approximate surface area is 117 Å². The minimum Gasteiger partial charge on any atom is -0.345 e. The second kappa shape index (κ2) is 5.35. The van der Waals surface area contributed by atoms with Gasteiger partial charge in [-0.3, -0.25) is 4.79 Å². The van der Waals surface area contributed by atoms with Crippen molar-refractivity contribution in [2.24, 2.45) is 0 Å². The molecule has 0 bridgehead atoms. The Morgan fingerprint density at radius 3 is 2.74 bits per heavy atom. The summed E-state index contributed by atoms with van der Waals surface area (Å²) in [6.07, 6.45) is 5.46. The first-order chi connectivity index (χ1) is 9.28. The number of halogens is 1. The predicted molar refractivity (Wildman–Crippen MR) is 78.0 cm³/mol. The van der Waals surface area contributed by atoms with Crippen LogP contribution in [0.5, 0.6) is 0 Å². The number of hydrogen-bond acceptors (Lipinski definition) is 2. The predicted octanol–water partition coefficient (Wildman–Crippen LogP) is 3.20. The van der Waals surface area contributed by atoms with Crippen LogP contribution in [-0.2, 0) is 6.54 Å². The number of fused-ring (bicyclic) bond motifs is 1. The number of rotatable bonds is 4. The summed E-state index contributed by atoms with van der Waals surface area (Å²) < 4.78 is 2.14. The Balaban J connectivity index is 1.88. The standard InChI is InChI=1S/C15H17ClN2O/c16-13-3-4-14-12(11-19)10-18(15(14)9-13)8-7-17-5-1-2-6-17/h3-4,9-11H,1-2,5-8H2. The lowest BCUT2D eigenvalue weighted by Crippen LogP contribution is -2.23. The molecule has 0 amide bonds. The number of carbonyl (C=O) groups excluding carboxylic acids is 1. The minimum atomic E-state index is 0.713. The number of likely N-dealkylation sites (tertiary alicyclic amines) is 1. The lowest BCUT2D eigenvalue weighted by Gasteiger charge is -2.15. The van der Waals surface area contributed by atoms with Crippen molar-refractivity contribution < 1.29 is 4.79 Å². The van der Waals surface area contributed by atoms with Crippen molar-refractivity contribution in [2.75, 3.05) is 19.6 Å². The summed E-state index contributed by atoms with van der Waals surface area (Å²) >= 11 is 6.06. The van der Waals surface area contributed by atoms with Crippen LogP contribution in [0.4, 0.5) is 0 Å². The van der Waals surface area contributed by atoms with Crippen LogP contribution in [0, 0.1) is 0 Å². The zero-order valence-corrected chi connectivity index (χ0v) is 11.6. The van der Waals surface area contributed by atoms with Crippen molar-refractivity contribution in [2.45, 2.75) is 19.4 Å². The second-order valence-electron chi connectivity index (χ2n) is 5.11. The number of benzene rings is 1. The smallest absolute Gasteiger partial charge is 0.152 e. The van der Waals surface area contributed by atoms with Crippen LogP contribution in [-0.4, -0.2) is 35.4 Å². The van der Waals surface area contributed by atoms with E-state index in [-0.39, 0.29) is 0 Å². The number of nitrogens with zero attached hydrogens (tertiary/aromatic N) is 2. The molecule has 1 saturated heterocycles. The molecule has 19 heavy (non-hydrogen) atoms. The van der Waals surface area contributed by atoms with Crippen LogP contribution in [0.15, 0.2) is 24.4 Å². The van der Waals surface area contributed by atoms with E-state index in [1.807, 2.05) is 24.4 Å². The van der Waals surface area contributed by atoms with Crippen molar-refractivity contribution in [3.05, 3.63) is 35.0 Å². The zero-order valence-electron chi connectivity index (χ0n) is 10.8. The fourth-order valence-electron chi connectivity index (χ4n) is 2.83. The number of aldehydes is 1. The van der Waals surface area contributed by atoms with Gasteiger partial charge in [0.15, 0.2) is 6.29 Å². The average Bonchev–Trinajstić information content (AvgIpc) is 3.03. The summed E-state index contributed by atoms with van der Waals surface area (Å²) in [6.45, 7) is 4.33. The maximum Gasteiger partial charge on any atom is 0.152 e. The summed E-state index contributed by atoms with van der Waals surface area (Å²) in [7, 11) is 0. The van der Waals surface area contributed by atoms with Crippen molar-refractivity contribution >= 4 is 28.8 Å². The van der Waals surface area contributed by atoms with Gasteiger partial charge in [-0.2, -0.15) is 0 Å². The molecule has 0 N–H and O–H groups in total. The average molecular weight is 277 g/mol. The van der Waals surface area contributed by atoms with E-state index in [9.17, 15) is 4.79 Å². The molecular weight excluding hydrogens is 260 g/mol. The summed E-state index contributed by atoms with van der Waals surface area (Å²) in [5.74, 6) is 0. The summed E-state index contributed by atoms with van der Waals surface area (Å²) in [5.41, 5.74) is 1.79. The quantitative estimate of drug-likeness (QED) is 0.801. The first-order valence-electron chi connectivity index (χ1n) is 6.74. The minimum absolute atomic E-state index is 0.713. The van der Waals surface area contributed by atoms with Crippen molar-refractivity contribution in [3.8, 4) is 0 Å². The molecule has 1 fully saturated rings. The highest BCUT2D eigenvalue weighted by molar-refractivity contribution is 6.31. The van der Waals surface area contributed by atoms with E-state index in [1.54, 1.807) is 0 Å². The molecule has 1 aliphatic heterocycles. The van der Waals surface area contributed by atoms with Crippen molar-refractivity contribution in [1.82, 2.24) is 9.47 Å². The van der Waals surface area contributed by atoms with Gasteiger partial charge in [-0.1, -0.05) is 17.7 Å². The number of aromatic nitrogens is 1. The molecule has 1 aliphatic rings. The van der Waals surface area contributed by atoms with Gasteiger partial charge in [-0.25, -0.2) is 0 Å². The van der Waals surface area contributed by atoms with E-state index in [1.165, 1.54) is 25.9 Å². The Bertz CT molecular complexity index is 599. The van der Waals surface area contributed by atoms with Crippen LogP contribution < -0.4 is 0 Å². The molecule has 100 valence electrons. The zero-order chi connectivity index (χ0) is 13.2. The lowest BCUT2D eigenvalue weighted by molar-refractivity contribution is 0.112. The van der Waals surface area contributed by atoms with Crippen LogP contribution in [0.3, 0.4) is 0 Å². The van der Waals surface area contributed by atoms with Crippen LogP contribution in [0.1, 0.15) is 23.2 Å². The maximum absolute atomic E-state index is 11.1. The largest absolute Gasteiger partial charge is 0.345 e. The molecule has 3 nitrogen and oxygen atoms in total. The topological polar surface area (TPSA) is 25.2 Å². The van der Waals surface area contributed by atoms with Gasteiger partial charge < -0.3 is 9.47 Å². The molecule has 0 spiro atoms. The molecule has 1 aromatic heterocycles. The van der Waals surface area contributed by atoms with E-state index >= 15 is 0 Å². The molecule has 2 heterocycles. The Kier molecular flexibility index (Phi) is 3.58. The molecule has 4 heteroatoms. The van der Waals surface area contributed by atoms with Gasteiger partial charge in [0, 0.05) is 35.3 Å². The third-order valence-corrected chi connectivity index (χ3v) is 4.09. The van der Waals surface area contributed by atoms with Gasteiger partial charge >= 0.3 is 0 Å². The third kappa shape index (κ3) is 2.53. The first-order valence-corrected chi connectivity index (χ1v) is 7.11. The summed E-state index contributed by atoms with van der Waals surface area (Å²) in [6, 6.07) is 5.70. The highest BCUT2D eigenvalue weighted by atomic mass is 35.5.